The van der Waals surface area contributed by atoms with Gasteiger partial charge in [0.15, 0.2) is 0 Å². The molecule has 2 aromatic carbocycles. The van der Waals surface area contributed by atoms with E-state index < -0.39 is 17.9 Å². The molecular formula is C21H17FN4O3S. The maximum Gasteiger partial charge on any atom is 0.321 e. The molecule has 1 aliphatic rings. The Hall–Kier alpha value is -3.59. The molecule has 4 rings (SSSR count). The molecule has 0 saturated carbocycles. The number of aromatic nitrogens is 1. The van der Waals surface area contributed by atoms with Gasteiger partial charge in [-0.25, -0.2) is 14.2 Å². The molecule has 0 saturated heterocycles. The summed E-state index contributed by atoms with van der Waals surface area (Å²) in [5.41, 5.74) is 2.75. The van der Waals surface area contributed by atoms with Crippen molar-refractivity contribution in [2.24, 2.45) is 0 Å². The van der Waals surface area contributed by atoms with E-state index in [9.17, 15) is 18.8 Å². The number of carbonyl (C=O) groups is 3. The average molecular weight is 424 g/mol. The summed E-state index contributed by atoms with van der Waals surface area (Å²) in [6, 6.07) is 10.3. The molecule has 0 aliphatic carbocycles. The Morgan fingerprint density at radius 2 is 2.07 bits per heavy atom. The lowest BCUT2D eigenvalue weighted by molar-refractivity contribution is -0.108. The SMILES string of the molecule is O=CNC(=O)N[C@@H](CN1Cc2ccc(F)cc2C1=O)c1ccc(-c2nccs2)cc1. The highest BCUT2D eigenvalue weighted by Crippen LogP contribution is 2.28. The Bertz CT molecular complexity index is 1090. The molecule has 0 fully saturated rings. The molecule has 1 atom stereocenters. The van der Waals surface area contributed by atoms with Gasteiger partial charge in [0.1, 0.15) is 10.8 Å². The van der Waals surface area contributed by atoms with E-state index >= 15 is 0 Å². The second-order valence-electron chi connectivity index (χ2n) is 6.73. The van der Waals surface area contributed by atoms with Crippen molar-refractivity contribution in [3.05, 3.63) is 76.5 Å². The highest BCUT2D eigenvalue weighted by molar-refractivity contribution is 7.13. The summed E-state index contributed by atoms with van der Waals surface area (Å²) in [7, 11) is 0. The summed E-state index contributed by atoms with van der Waals surface area (Å²) in [6.07, 6.45) is 2.01. The molecule has 7 nitrogen and oxygen atoms in total. The minimum Gasteiger partial charge on any atom is -0.332 e. The van der Waals surface area contributed by atoms with E-state index in [1.165, 1.54) is 23.5 Å². The summed E-state index contributed by atoms with van der Waals surface area (Å²) in [4.78, 5) is 41.1. The first-order valence-electron chi connectivity index (χ1n) is 9.13. The number of nitrogens with zero attached hydrogens (tertiary/aromatic N) is 2. The molecule has 0 unspecified atom stereocenters. The van der Waals surface area contributed by atoms with Crippen LogP contribution in [-0.4, -0.2) is 34.8 Å². The number of rotatable bonds is 6. The van der Waals surface area contributed by atoms with Crippen LogP contribution in [0.25, 0.3) is 10.6 Å². The van der Waals surface area contributed by atoms with E-state index in [4.69, 9.17) is 0 Å². The standard InChI is InChI=1S/C21H17FN4O3S/c22-16-6-5-15-10-26(20(28)17(15)9-16)11-18(25-21(29)24-12-27)13-1-3-14(4-2-13)19-23-7-8-30-19/h1-9,12,18H,10-11H2,(H2,24,25,27,29)/t18-/m0/s1. The molecule has 1 aromatic heterocycles. The molecule has 0 radical (unpaired) electrons. The van der Waals surface area contributed by atoms with Crippen LogP contribution in [0.2, 0.25) is 0 Å². The van der Waals surface area contributed by atoms with Crippen LogP contribution in [0.1, 0.15) is 27.5 Å². The number of hydrogen-bond donors (Lipinski definition) is 2. The number of nitrogens with one attached hydrogen (secondary N) is 2. The Balaban J connectivity index is 1.57. The monoisotopic (exact) mass is 424 g/mol. The van der Waals surface area contributed by atoms with Gasteiger partial charge in [-0.1, -0.05) is 30.3 Å². The largest absolute Gasteiger partial charge is 0.332 e. The first-order valence-corrected chi connectivity index (χ1v) is 10.0. The van der Waals surface area contributed by atoms with Gasteiger partial charge < -0.3 is 10.2 Å². The first kappa shape index (κ1) is 19.7. The predicted octanol–water partition coefficient (Wildman–Crippen LogP) is 3.10. The fraction of sp³-hybridized carbons (Fsp3) is 0.143. The minimum absolute atomic E-state index is 0.165. The molecule has 9 heteroatoms. The maximum atomic E-state index is 13.5. The lowest BCUT2D eigenvalue weighted by atomic mass is 10.0. The van der Waals surface area contributed by atoms with E-state index in [1.807, 2.05) is 35.0 Å². The van der Waals surface area contributed by atoms with Gasteiger partial charge in [-0.15, -0.1) is 11.3 Å². The smallest absolute Gasteiger partial charge is 0.321 e. The first-order chi connectivity index (χ1) is 14.5. The number of amides is 4. The number of halogens is 1. The lowest BCUT2D eigenvalue weighted by Gasteiger charge is -2.25. The summed E-state index contributed by atoms with van der Waals surface area (Å²) >= 11 is 1.51. The molecule has 3 aromatic rings. The molecule has 2 N–H and O–H groups in total. The van der Waals surface area contributed by atoms with Crippen molar-refractivity contribution >= 4 is 29.7 Å². The third-order valence-corrected chi connectivity index (χ3v) is 5.66. The van der Waals surface area contributed by atoms with Crippen molar-refractivity contribution in [1.82, 2.24) is 20.5 Å². The maximum absolute atomic E-state index is 13.5. The van der Waals surface area contributed by atoms with Gasteiger partial charge in [-0.3, -0.25) is 14.9 Å². The Labute approximate surface area is 175 Å². The number of imide groups is 1. The molecular weight excluding hydrogens is 407 g/mol. The van der Waals surface area contributed by atoms with E-state index in [2.05, 4.69) is 10.3 Å². The van der Waals surface area contributed by atoms with Crippen LogP contribution in [0.4, 0.5) is 9.18 Å². The van der Waals surface area contributed by atoms with E-state index in [1.54, 1.807) is 17.2 Å². The van der Waals surface area contributed by atoms with Crippen LogP contribution in [0.5, 0.6) is 0 Å². The van der Waals surface area contributed by atoms with Crippen molar-refractivity contribution in [2.75, 3.05) is 6.54 Å². The van der Waals surface area contributed by atoms with Crippen molar-refractivity contribution in [2.45, 2.75) is 12.6 Å². The molecule has 2 heterocycles. The number of thiazole rings is 1. The fourth-order valence-corrected chi connectivity index (χ4v) is 4.06. The number of fused-ring (bicyclic) bond motifs is 1. The molecule has 1 aliphatic heterocycles. The third kappa shape index (κ3) is 4.06. The Kier molecular flexibility index (Phi) is 5.53. The normalized spacial score (nSPS) is 13.6. The average Bonchev–Trinajstić information content (AvgIpc) is 3.37. The van der Waals surface area contributed by atoms with Gasteiger partial charge >= 0.3 is 6.03 Å². The highest BCUT2D eigenvalue weighted by atomic mass is 32.1. The van der Waals surface area contributed by atoms with Gasteiger partial charge in [-0.05, 0) is 23.3 Å². The fourth-order valence-electron chi connectivity index (χ4n) is 3.41. The number of hydrogen-bond acceptors (Lipinski definition) is 5. The van der Waals surface area contributed by atoms with Gasteiger partial charge in [0.2, 0.25) is 6.41 Å². The van der Waals surface area contributed by atoms with Crippen molar-refractivity contribution < 1.29 is 18.8 Å². The van der Waals surface area contributed by atoms with Crippen molar-refractivity contribution in [1.29, 1.82) is 0 Å². The van der Waals surface area contributed by atoms with Crippen molar-refractivity contribution in [3.8, 4) is 10.6 Å². The third-order valence-electron chi connectivity index (χ3n) is 4.84. The topological polar surface area (TPSA) is 91.4 Å². The van der Waals surface area contributed by atoms with Crippen LogP contribution < -0.4 is 10.6 Å². The summed E-state index contributed by atoms with van der Waals surface area (Å²) in [6.45, 7) is 0.483. The van der Waals surface area contributed by atoms with Crippen LogP contribution in [-0.2, 0) is 11.3 Å². The molecule has 30 heavy (non-hydrogen) atoms. The Morgan fingerprint density at radius 1 is 1.27 bits per heavy atom. The number of benzene rings is 2. The molecule has 0 bridgehead atoms. The van der Waals surface area contributed by atoms with Crippen molar-refractivity contribution in [3.63, 3.8) is 0 Å². The lowest BCUT2D eigenvalue weighted by Crippen LogP contribution is -2.42. The number of carbonyl (C=O) groups excluding carboxylic acids is 3. The zero-order chi connectivity index (χ0) is 21.1. The van der Waals surface area contributed by atoms with Crippen LogP contribution >= 0.6 is 11.3 Å². The van der Waals surface area contributed by atoms with E-state index in [0.717, 1.165) is 21.7 Å². The van der Waals surface area contributed by atoms with Gasteiger partial charge in [0.05, 0.1) is 6.04 Å². The zero-order valence-corrected chi connectivity index (χ0v) is 16.5. The predicted molar refractivity (Wildman–Crippen MR) is 109 cm³/mol. The quantitative estimate of drug-likeness (QED) is 0.595. The molecule has 0 spiro atoms. The molecule has 152 valence electrons. The zero-order valence-electron chi connectivity index (χ0n) is 15.7. The van der Waals surface area contributed by atoms with Gasteiger partial charge in [0, 0.05) is 35.8 Å². The van der Waals surface area contributed by atoms with Crippen LogP contribution in [0.15, 0.2) is 54.0 Å². The number of urea groups is 1. The summed E-state index contributed by atoms with van der Waals surface area (Å²) in [5.74, 6) is -0.770. The second kappa shape index (κ2) is 8.42. The van der Waals surface area contributed by atoms with E-state index in [-0.39, 0.29) is 18.9 Å². The second-order valence-corrected chi connectivity index (χ2v) is 7.63. The summed E-state index contributed by atoms with van der Waals surface area (Å²) in [5, 5.41) is 7.52. The van der Waals surface area contributed by atoms with E-state index in [0.29, 0.717) is 12.1 Å². The van der Waals surface area contributed by atoms with Crippen LogP contribution in [0, 0.1) is 5.82 Å². The Morgan fingerprint density at radius 3 is 2.77 bits per heavy atom. The summed E-state index contributed by atoms with van der Waals surface area (Å²) < 4.78 is 13.5. The van der Waals surface area contributed by atoms with Gasteiger partial charge in [0.25, 0.3) is 5.91 Å². The molecule has 4 amide bonds. The van der Waals surface area contributed by atoms with Crippen LogP contribution in [0.3, 0.4) is 0 Å². The van der Waals surface area contributed by atoms with Gasteiger partial charge in [-0.2, -0.15) is 0 Å². The highest BCUT2D eigenvalue weighted by Gasteiger charge is 2.30. The minimum atomic E-state index is -0.672.